The Kier molecular flexibility index (Phi) is 5.47. The van der Waals surface area contributed by atoms with E-state index in [1.54, 1.807) is 13.8 Å². The van der Waals surface area contributed by atoms with Crippen LogP contribution in [0.4, 0.5) is 0 Å². The minimum atomic E-state index is 0.125. The van der Waals surface area contributed by atoms with Gasteiger partial charge in [-0.3, -0.25) is 9.59 Å². The molecule has 96 valence electrons. The zero-order valence-corrected chi connectivity index (χ0v) is 14.2. The zero-order valence-electron chi connectivity index (χ0n) is 9.33. The number of rotatable bonds is 2. The molecular formula is C9H12O2S6. The molecule has 2 heterocycles. The predicted octanol–water partition coefficient (Wildman–Crippen LogP) is 3.77. The van der Waals surface area contributed by atoms with Gasteiger partial charge in [0.25, 0.3) is 0 Å². The Hall–Kier alpha value is 1.44. The lowest BCUT2D eigenvalue weighted by Gasteiger charge is -2.19. The Morgan fingerprint density at radius 3 is 1.76 bits per heavy atom. The highest BCUT2D eigenvalue weighted by Gasteiger charge is 2.49. The van der Waals surface area contributed by atoms with Gasteiger partial charge < -0.3 is 0 Å². The van der Waals surface area contributed by atoms with Gasteiger partial charge in [-0.2, -0.15) is 0 Å². The summed E-state index contributed by atoms with van der Waals surface area (Å²) in [6.07, 6.45) is 0. The topological polar surface area (TPSA) is 34.1 Å². The maximum atomic E-state index is 11.1. The molecule has 0 unspecified atom stereocenters. The summed E-state index contributed by atoms with van der Waals surface area (Å²) in [6.45, 7) is 3.26. The summed E-state index contributed by atoms with van der Waals surface area (Å²) in [6, 6.07) is 0. The first-order valence-corrected chi connectivity index (χ1v) is 10.5. The van der Waals surface area contributed by atoms with Crippen molar-refractivity contribution in [3.05, 3.63) is 0 Å². The maximum Gasteiger partial charge on any atom is 0.186 e. The van der Waals surface area contributed by atoms with Gasteiger partial charge in [0, 0.05) is 25.4 Å². The first kappa shape index (κ1) is 14.8. The molecule has 2 saturated heterocycles. The number of hydrogen-bond acceptors (Lipinski definition) is 8. The minimum absolute atomic E-state index is 0.125. The van der Waals surface area contributed by atoms with Gasteiger partial charge in [-0.15, -0.1) is 47.0 Å². The van der Waals surface area contributed by atoms with Gasteiger partial charge >= 0.3 is 0 Å². The van der Waals surface area contributed by atoms with Crippen molar-refractivity contribution in [1.82, 2.24) is 0 Å². The monoisotopic (exact) mass is 344 g/mol. The van der Waals surface area contributed by atoms with Crippen LogP contribution >= 0.6 is 70.6 Å². The van der Waals surface area contributed by atoms with E-state index < -0.39 is 0 Å². The average Bonchev–Trinajstić information content (AvgIpc) is 2.74. The lowest BCUT2D eigenvalue weighted by atomic mass is 10.9. The Labute approximate surface area is 127 Å². The van der Waals surface area contributed by atoms with Crippen LogP contribution in [-0.2, 0) is 9.59 Å². The lowest BCUT2D eigenvalue weighted by Crippen LogP contribution is -2.03. The largest absolute Gasteiger partial charge is 0.288 e. The molecule has 0 aromatic rings. The van der Waals surface area contributed by atoms with Gasteiger partial charge in [-0.1, -0.05) is 23.5 Å². The number of carbonyl (C=O) groups is 2. The van der Waals surface area contributed by atoms with Gasteiger partial charge in [-0.25, -0.2) is 0 Å². The normalized spacial score (nSPS) is 36.6. The summed E-state index contributed by atoms with van der Waals surface area (Å²) in [4.78, 5) is 22.2. The van der Waals surface area contributed by atoms with Crippen molar-refractivity contribution in [3.8, 4) is 0 Å². The van der Waals surface area contributed by atoms with Crippen molar-refractivity contribution in [3.63, 3.8) is 0 Å². The lowest BCUT2D eigenvalue weighted by molar-refractivity contribution is -0.109. The molecule has 2 nitrogen and oxygen atoms in total. The maximum absolute atomic E-state index is 11.1. The van der Waals surface area contributed by atoms with E-state index >= 15 is 0 Å². The third-order valence-corrected chi connectivity index (χ3v) is 12.5. The Balaban J connectivity index is 1.87. The summed E-state index contributed by atoms with van der Waals surface area (Å²) in [7, 11) is 0. The zero-order chi connectivity index (χ0) is 12.5. The second kappa shape index (κ2) is 6.26. The molecule has 0 N–H and O–H groups in total. The van der Waals surface area contributed by atoms with Crippen LogP contribution in [0.5, 0.6) is 0 Å². The first-order chi connectivity index (χ1) is 7.99. The highest BCUT2D eigenvalue weighted by Crippen LogP contribution is 2.69. The third-order valence-electron chi connectivity index (χ3n) is 1.94. The molecule has 2 aliphatic heterocycles. The fraction of sp³-hybridized carbons (Fsp3) is 0.778. The molecule has 0 saturated carbocycles. The summed E-state index contributed by atoms with van der Waals surface area (Å²) >= 11 is 10.5. The summed E-state index contributed by atoms with van der Waals surface area (Å²) < 4.78 is 0.873. The van der Waals surface area contributed by atoms with Gasteiger partial charge in [0.1, 0.15) is 0 Å². The second-order valence-electron chi connectivity index (χ2n) is 3.44. The van der Waals surface area contributed by atoms with Crippen LogP contribution in [0.2, 0.25) is 0 Å². The number of carbonyl (C=O) groups excluding carboxylic acids is 2. The molecule has 0 bridgehead atoms. The van der Waals surface area contributed by atoms with E-state index in [0.717, 1.165) is 11.5 Å². The first-order valence-electron chi connectivity index (χ1n) is 4.97. The Morgan fingerprint density at radius 2 is 1.41 bits per heavy atom. The van der Waals surface area contributed by atoms with Crippen LogP contribution in [0.15, 0.2) is 0 Å². The van der Waals surface area contributed by atoms with E-state index in [0.29, 0.717) is 9.16 Å². The molecule has 0 aromatic heterocycles. The average molecular weight is 345 g/mol. The molecule has 1 spiro atoms. The quantitative estimate of drug-likeness (QED) is 0.749. The molecule has 3 atom stereocenters. The molecule has 2 rings (SSSR count). The van der Waals surface area contributed by atoms with Crippen LogP contribution in [0.1, 0.15) is 13.8 Å². The summed E-state index contributed by atoms with van der Waals surface area (Å²) in [5, 5.41) is 0.394. The van der Waals surface area contributed by atoms with Crippen molar-refractivity contribution >= 4 is 80.8 Å². The van der Waals surface area contributed by atoms with Crippen LogP contribution in [0.3, 0.4) is 0 Å². The van der Waals surface area contributed by atoms with Crippen LogP contribution < -0.4 is 0 Å². The van der Waals surface area contributed by atoms with Crippen molar-refractivity contribution in [1.29, 1.82) is 0 Å². The van der Waals surface area contributed by atoms with Crippen molar-refractivity contribution < 1.29 is 9.59 Å². The van der Waals surface area contributed by atoms with Gasteiger partial charge in [-0.05, 0) is 0 Å². The molecule has 0 amide bonds. The Bertz CT molecular complexity index is 301. The smallest absolute Gasteiger partial charge is 0.186 e. The van der Waals surface area contributed by atoms with Crippen LogP contribution in [0.25, 0.3) is 0 Å². The summed E-state index contributed by atoms with van der Waals surface area (Å²) in [5.74, 6) is 2.04. The standard InChI is InChI=1S/C9H12O2S6/c1-5(10)14-7-3-12-9(16-7)13-4-8(17-9)15-6(2)11/h7-8H,3-4H2,1-2H3/t7-,8+,9-/m1/s1. The van der Waals surface area contributed by atoms with Crippen molar-refractivity contribution in [2.75, 3.05) is 11.5 Å². The molecule has 17 heavy (non-hydrogen) atoms. The van der Waals surface area contributed by atoms with Gasteiger partial charge in [0.05, 0.1) is 9.16 Å². The van der Waals surface area contributed by atoms with E-state index in [4.69, 9.17) is 0 Å². The minimum Gasteiger partial charge on any atom is -0.288 e. The van der Waals surface area contributed by atoms with Crippen molar-refractivity contribution in [2.24, 2.45) is 0 Å². The van der Waals surface area contributed by atoms with Gasteiger partial charge in [0.2, 0.25) is 0 Å². The molecule has 2 fully saturated rings. The molecular weight excluding hydrogens is 332 g/mol. The highest BCUT2D eigenvalue weighted by molar-refractivity contribution is 8.54. The van der Waals surface area contributed by atoms with E-state index in [2.05, 4.69) is 0 Å². The second-order valence-corrected chi connectivity index (χ2v) is 13.6. The van der Waals surface area contributed by atoms with E-state index in [1.807, 2.05) is 47.0 Å². The molecule has 2 aliphatic rings. The predicted molar refractivity (Wildman–Crippen MR) is 86.9 cm³/mol. The number of hydrogen-bond donors (Lipinski definition) is 0. The van der Waals surface area contributed by atoms with E-state index in [9.17, 15) is 9.59 Å². The van der Waals surface area contributed by atoms with Crippen molar-refractivity contribution in [2.45, 2.75) is 25.8 Å². The fourth-order valence-electron chi connectivity index (χ4n) is 1.42. The van der Waals surface area contributed by atoms with E-state index in [1.165, 1.54) is 23.5 Å². The fourth-order valence-corrected chi connectivity index (χ4v) is 13.5. The van der Waals surface area contributed by atoms with E-state index in [-0.39, 0.29) is 13.0 Å². The molecule has 8 heteroatoms. The molecule has 0 radical (unpaired) electrons. The van der Waals surface area contributed by atoms with Gasteiger partial charge in [0.15, 0.2) is 13.0 Å². The molecule has 0 aromatic carbocycles. The summed E-state index contributed by atoms with van der Waals surface area (Å²) in [5.41, 5.74) is 0. The Morgan fingerprint density at radius 1 is 1.00 bits per heavy atom. The third kappa shape index (κ3) is 4.21. The molecule has 0 aliphatic carbocycles. The highest BCUT2D eigenvalue weighted by atomic mass is 32.3. The SMILES string of the molecule is CC(=O)S[C@H]1CS[C@@]2(SC[C@@H](SC(C)=O)S2)S1. The number of thioether (sulfide) groups is 6. The van der Waals surface area contributed by atoms with Crippen LogP contribution in [0, 0.1) is 0 Å². The van der Waals surface area contributed by atoms with Crippen LogP contribution in [-0.4, -0.2) is 33.6 Å².